The van der Waals surface area contributed by atoms with Gasteiger partial charge in [-0.1, -0.05) is 31.5 Å². The van der Waals surface area contributed by atoms with Gasteiger partial charge >= 0.3 is 0 Å². The second-order valence-corrected chi connectivity index (χ2v) is 7.45. The van der Waals surface area contributed by atoms with Gasteiger partial charge in [0.1, 0.15) is 0 Å². The zero-order valence-corrected chi connectivity index (χ0v) is 11.4. The van der Waals surface area contributed by atoms with Crippen LogP contribution in [0.4, 0.5) is 0 Å². The molecule has 3 unspecified atom stereocenters. The van der Waals surface area contributed by atoms with Gasteiger partial charge in [0, 0.05) is 12.1 Å². The highest BCUT2D eigenvalue weighted by atomic mass is 32.2. The first-order valence-electron chi connectivity index (χ1n) is 6.69. The van der Waals surface area contributed by atoms with E-state index in [0.29, 0.717) is 17.4 Å². The smallest absolute Gasteiger partial charge is 0.178 e. The Morgan fingerprint density at radius 1 is 1.33 bits per heavy atom. The Labute approximate surface area is 109 Å². The summed E-state index contributed by atoms with van der Waals surface area (Å²) in [5.74, 6) is 1.06. The highest BCUT2D eigenvalue weighted by Gasteiger charge is 2.39. The van der Waals surface area contributed by atoms with Crippen molar-refractivity contribution in [3.05, 3.63) is 29.8 Å². The third-order valence-corrected chi connectivity index (χ3v) is 5.98. The molecule has 18 heavy (non-hydrogen) atoms. The van der Waals surface area contributed by atoms with Gasteiger partial charge in [-0.2, -0.15) is 0 Å². The molecular weight excluding hydrogens is 246 g/mol. The fraction of sp³-hybridized carbons (Fsp3) is 0.571. The van der Waals surface area contributed by atoms with E-state index in [-0.39, 0.29) is 11.8 Å². The molecule has 1 aromatic rings. The van der Waals surface area contributed by atoms with Crippen molar-refractivity contribution >= 4 is 9.84 Å². The monoisotopic (exact) mass is 265 g/mol. The second kappa shape index (κ2) is 4.35. The molecule has 0 aromatic heterocycles. The molecular formula is C14H19NO2S. The van der Waals surface area contributed by atoms with Crippen LogP contribution in [0.1, 0.15) is 37.8 Å². The Balaban J connectivity index is 1.86. The molecule has 0 amide bonds. The van der Waals surface area contributed by atoms with E-state index < -0.39 is 9.84 Å². The average molecular weight is 265 g/mol. The largest absolute Gasteiger partial charge is 0.307 e. The lowest BCUT2D eigenvalue weighted by Gasteiger charge is -2.26. The molecule has 0 bridgehead atoms. The van der Waals surface area contributed by atoms with E-state index in [1.54, 1.807) is 6.07 Å². The first kappa shape index (κ1) is 12.2. The van der Waals surface area contributed by atoms with Crippen molar-refractivity contribution < 1.29 is 8.42 Å². The minimum Gasteiger partial charge on any atom is -0.307 e. The van der Waals surface area contributed by atoms with E-state index in [1.807, 2.05) is 18.2 Å². The number of nitrogens with one attached hydrogen (secondary N) is 1. The van der Waals surface area contributed by atoms with Crippen molar-refractivity contribution in [2.75, 3.05) is 5.75 Å². The highest BCUT2D eigenvalue weighted by molar-refractivity contribution is 7.91. The van der Waals surface area contributed by atoms with Crippen molar-refractivity contribution in [3.63, 3.8) is 0 Å². The maximum absolute atomic E-state index is 12.0. The summed E-state index contributed by atoms with van der Waals surface area (Å²) in [6.45, 7) is 2.21. The molecule has 4 heteroatoms. The average Bonchev–Trinajstić information content (AvgIpc) is 3.12. The van der Waals surface area contributed by atoms with Crippen molar-refractivity contribution in [3.8, 4) is 0 Å². The lowest BCUT2D eigenvalue weighted by Crippen LogP contribution is -2.31. The summed E-state index contributed by atoms with van der Waals surface area (Å²) in [5.41, 5.74) is 0.963. The third kappa shape index (κ3) is 2.08. The fourth-order valence-corrected chi connectivity index (χ4v) is 4.55. The zero-order chi connectivity index (χ0) is 12.8. The van der Waals surface area contributed by atoms with Crippen LogP contribution >= 0.6 is 0 Å². The summed E-state index contributed by atoms with van der Waals surface area (Å²) in [5, 5.41) is 3.62. The summed E-state index contributed by atoms with van der Waals surface area (Å²) in [6.07, 6.45) is 3.15. The summed E-state index contributed by atoms with van der Waals surface area (Å²) in [7, 11) is -3.05. The van der Waals surface area contributed by atoms with Gasteiger partial charge in [-0.3, -0.25) is 0 Å². The normalized spacial score (nSPS) is 32.8. The second-order valence-electron chi connectivity index (χ2n) is 5.38. The number of hydrogen-bond donors (Lipinski definition) is 1. The molecule has 3 rings (SSSR count). The quantitative estimate of drug-likeness (QED) is 0.912. The van der Waals surface area contributed by atoms with Gasteiger partial charge in [0.15, 0.2) is 9.84 Å². The van der Waals surface area contributed by atoms with E-state index in [2.05, 4.69) is 12.2 Å². The van der Waals surface area contributed by atoms with Gasteiger partial charge < -0.3 is 5.32 Å². The maximum Gasteiger partial charge on any atom is 0.178 e. The molecule has 1 aliphatic heterocycles. The molecule has 1 saturated carbocycles. The van der Waals surface area contributed by atoms with Crippen LogP contribution in [0.2, 0.25) is 0 Å². The molecule has 1 N–H and O–H groups in total. The van der Waals surface area contributed by atoms with E-state index in [4.69, 9.17) is 0 Å². The summed E-state index contributed by atoms with van der Waals surface area (Å²) in [4.78, 5) is 0.530. The van der Waals surface area contributed by atoms with Gasteiger partial charge in [-0.15, -0.1) is 0 Å². The first-order valence-corrected chi connectivity index (χ1v) is 8.35. The van der Waals surface area contributed by atoms with E-state index in [0.717, 1.165) is 11.5 Å². The predicted molar refractivity (Wildman–Crippen MR) is 71.2 cm³/mol. The SMILES string of the molecule is CCC1CC1NC1CCS(=O)(=O)c2ccccc21. The van der Waals surface area contributed by atoms with Crippen LogP contribution in [0.3, 0.4) is 0 Å². The van der Waals surface area contributed by atoms with E-state index in [9.17, 15) is 8.42 Å². The Hall–Kier alpha value is -0.870. The van der Waals surface area contributed by atoms with Crippen LogP contribution in [0, 0.1) is 5.92 Å². The molecule has 98 valence electrons. The Morgan fingerprint density at radius 2 is 2.11 bits per heavy atom. The van der Waals surface area contributed by atoms with E-state index >= 15 is 0 Å². The van der Waals surface area contributed by atoms with E-state index in [1.165, 1.54) is 12.8 Å². The molecule has 1 fully saturated rings. The third-order valence-electron chi connectivity index (χ3n) is 4.17. The van der Waals surface area contributed by atoms with Gasteiger partial charge in [0.2, 0.25) is 0 Å². The lowest BCUT2D eigenvalue weighted by atomic mass is 10.0. The van der Waals surface area contributed by atoms with Crippen molar-refractivity contribution in [1.82, 2.24) is 5.32 Å². The summed E-state index contributed by atoms with van der Waals surface area (Å²) < 4.78 is 24.0. The standard InChI is InChI=1S/C14H19NO2S/c1-2-10-9-13(10)15-12-7-8-18(16,17)14-6-4-3-5-11(12)14/h3-6,10,12-13,15H,2,7-9H2,1H3. The number of fused-ring (bicyclic) bond motifs is 1. The molecule has 0 radical (unpaired) electrons. The molecule has 1 aliphatic carbocycles. The van der Waals surface area contributed by atoms with Gasteiger partial charge in [-0.05, 0) is 30.4 Å². The molecule has 2 aliphatic rings. The number of hydrogen-bond acceptors (Lipinski definition) is 3. The van der Waals surface area contributed by atoms with Crippen molar-refractivity contribution in [2.45, 2.75) is 43.2 Å². The first-order chi connectivity index (χ1) is 8.62. The van der Waals surface area contributed by atoms with Gasteiger partial charge in [0.25, 0.3) is 0 Å². The van der Waals surface area contributed by atoms with Crippen molar-refractivity contribution in [1.29, 1.82) is 0 Å². The number of rotatable bonds is 3. The highest BCUT2D eigenvalue weighted by Crippen LogP contribution is 2.38. The minimum atomic E-state index is -3.05. The molecule has 3 atom stereocenters. The summed E-state index contributed by atoms with van der Waals surface area (Å²) >= 11 is 0. The van der Waals surface area contributed by atoms with Crippen LogP contribution in [0.25, 0.3) is 0 Å². The molecule has 1 aromatic carbocycles. The summed E-state index contributed by atoms with van der Waals surface area (Å²) in [6, 6.07) is 8.24. The number of benzene rings is 1. The fourth-order valence-electron chi connectivity index (χ4n) is 2.92. The van der Waals surface area contributed by atoms with Crippen LogP contribution in [-0.2, 0) is 9.84 Å². The molecule has 0 spiro atoms. The van der Waals surface area contributed by atoms with Crippen LogP contribution < -0.4 is 5.32 Å². The Bertz CT molecular complexity index is 553. The van der Waals surface area contributed by atoms with Gasteiger partial charge in [-0.25, -0.2) is 8.42 Å². The molecule has 3 nitrogen and oxygen atoms in total. The Morgan fingerprint density at radius 3 is 2.83 bits per heavy atom. The zero-order valence-electron chi connectivity index (χ0n) is 10.6. The van der Waals surface area contributed by atoms with Crippen LogP contribution in [-0.4, -0.2) is 20.2 Å². The molecule has 0 saturated heterocycles. The van der Waals surface area contributed by atoms with Crippen LogP contribution in [0.15, 0.2) is 29.2 Å². The van der Waals surface area contributed by atoms with Crippen molar-refractivity contribution in [2.24, 2.45) is 5.92 Å². The maximum atomic E-state index is 12.0. The predicted octanol–water partition coefficient (Wildman–Crippen LogP) is 2.29. The van der Waals surface area contributed by atoms with Crippen LogP contribution in [0.5, 0.6) is 0 Å². The lowest BCUT2D eigenvalue weighted by molar-refractivity contribution is 0.474. The topological polar surface area (TPSA) is 46.2 Å². The Kier molecular flexibility index (Phi) is 2.94. The number of sulfone groups is 1. The van der Waals surface area contributed by atoms with Gasteiger partial charge in [0.05, 0.1) is 10.6 Å². The molecule has 1 heterocycles. The minimum absolute atomic E-state index is 0.214.